The highest BCUT2D eigenvalue weighted by atomic mass is 35.5. The smallest absolute Gasteiger partial charge is 0.292 e. The molecule has 1 aliphatic carbocycles. The second-order valence-corrected chi connectivity index (χ2v) is 7.36. The molecule has 1 heterocycles. The lowest BCUT2D eigenvalue weighted by Crippen LogP contribution is -2.37. The van der Waals surface area contributed by atoms with Gasteiger partial charge in [-0.2, -0.15) is 0 Å². The van der Waals surface area contributed by atoms with Crippen molar-refractivity contribution >= 4 is 46.8 Å². The molecule has 6 nitrogen and oxygen atoms in total. The Hall–Kier alpha value is -2.18. The fourth-order valence-electron chi connectivity index (χ4n) is 3.18. The minimum atomic E-state index is -0.981. The Morgan fingerprint density at radius 2 is 1.74 bits per heavy atom. The molecule has 2 aliphatic rings. The predicted molar refractivity (Wildman–Crippen MR) is 101 cm³/mol. The van der Waals surface area contributed by atoms with Gasteiger partial charge in [0, 0.05) is 12.1 Å². The van der Waals surface area contributed by atoms with Crippen molar-refractivity contribution in [3.8, 4) is 0 Å². The summed E-state index contributed by atoms with van der Waals surface area (Å²) in [7, 11) is 0. The van der Waals surface area contributed by atoms with Crippen LogP contribution in [0.25, 0.3) is 0 Å². The maximum Gasteiger partial charge on any atom is 0.334 e. The number of allylic oxidation sites excluding steroid dienone is 1. The van der Waals surface area contributed by atoms with Gasteiger partial charge in [0.2, 0.25) is 0 Å². The summed E-state index contributed by atoms with van der Waals surface area (Å²) in [5.41, 5.74) is 1.41. The Balaban J connectivity index is 1.67. The van der Waals surface area contributed by atoms with Crippen LogP contribution in [0.15, 0.2) is 29.8 Å². The van der Waals surface area contributed by atoms with Crippen LogP contribution >= 0.6 is 23.2 Å². The first kappa shape index (κ1) is 19.6. The largest absolute Gasteiger partial charge is 0.334 e. The Kier molecular flexibility index (Phi) is 5.97. The topological polar surface area (TPSA) is 74.8 Å². The molecule has 0 bridgehead atoms. The number of rotatable bonds is 6. The van der Waals surface area contributed by atoms with Crippen molar-refractivity contribution in [1.29, 1.82) is 0 Å². The zero-order chi connectivity index (χ0) is 19.6. The number of halogens is 2. The Bertz CT molecular complexity index is 850. The standard InChI is InChI=1S/C19H18Cl2N2O4/c20-14-7-6-13(10-15(14)21)16(24)11-23-18(26)17(25)22(19(23)27)9-8-12-4-2-1-3-5-12/h4,6-7,10H,1-3,5,8-9,11H2. The maximum atomic E-state index is 12.5. The molecule has 27 heavy (non-hydrogen) atoms. The van der Waals surface area contributed by atoms with Crippen LogP contribution in [0.3, 0.4) is 0 Å². The number of hydrogen-bond donors (Lipinski definition) is 0. The van der Waals surface area contributed by atoms with Crippen molar-refractivity contribution < 1.29 is 19.2 Å². The molecule has 0 aromatic heterocycles. The summed E-state index contributed by atoms with van der Waals surface area (Å²) in [6.07, 6.45) is 6.87. The monoisotopic (exact) mass is 408 g/mol. The molecular formula is C19H18Cl2N2O4. The Morgan fingerprint density at radius 1 is 1.00 bits per heavy atom. The highest BCUT2D eigenvalue weighted by Crippen LogP contribution is 2.24. The van der Waals surface area contributed by atoms with Crippen LogP contribution in [0.2, 0.25) is 10.0 Å². The fourth-order valence-corrected chi connectivity index (χ4v) is 3.48. The van der Waals surface area contributed by atoms with Crippen molar-refractivity contribution in [2.75, 3.05) is 13.1 Å². The summed E-state index contributed by atoms with van der Waals surface area (Å²) in [5, 5.41) is 0.486. The lowest BCUT2D eigenvalue weighted by atomic mass is 9.97. The minimum Gasteiger partial charge on any atom is -0.292 e. The molecule has 1 fully saturated rings. The van der Waals surface area contributed by atoms with E-state index < -0.39 is 30.2 Å². The van der Waals surface area contributed by atoms with Crippen LogP contribution in [-0.4, -0.2) is 46.5 Å². The Labute approximate surface area is 166 Å². The van der Waals surface area contributed by atoms with Gasteiger partial charge in [-0.15, -0.1) is 0 Å². The summed E-state index contributed by atoms with van der Waals surface area (Å²) < 4.78 is 0. The number of nitrogens with zero attached hydrogens (tertiary/aromatic N) is 2. The number of imide groups is 2. The fraction of sp³-hybridized carbons (Fsp3) is 0.368. The molecule has 0 spiro atoms. The zero-order valence-electron chi connectivity index (χ0n) is 14.5. The lowest BCUT2D eigenvalue weighted by molar-refractivity contribution is -0.143. The van der Waals surface area contributed by atoms with Gasteiger partial charge in [-0.3, -0.25) is 19.3 Å². The molecule has 1 aromatic carbocycles. The first-order valence-electron chi connectivity index (χ1n) is 8.72. The second kappa shape index (κ2) is 8.23. The molecule has 0 atom stereocenters. The van der Waals surface area contributed by atoms with Gasteiger partial charge in [-0.1, -0.05) is 34.9 Å². The molecule has 4 amide bonds. The minimum absolute atomic E-state index is 0.146. The van der Waals surface area contributed by atoms with Crippen molar-refractivity contribution in [1.82, 2.24) is 9.80 Å². The van der Waals surface area contributed by atoms with Crippen LogP contribution in [0, 0.1) is 0 Å². The van der Waals surface area contributed by atoms with Gasteiger partial charge >= 0.3 is 17.8 Å². The Morgan fingerprint density at radius 3 is 2.41 bits per heavy atom. The van der Waals surface area contributed by atoms with Crippen LogP contribution in [0.4, 0.5) is 4.79 Å². The average molecular weight is 409 g/mol. The van der Waals surface area contributed by atoms with E-state index in [-0.39, 0.29) is 17.1 Å². The normalized spacial score (nSPS) is 17.6. The third-order valence-corrected chi connectivity index (χ3v) is 5.46. The summed E-state index contributed by atoms with van der Waals surface area (Å²) in [4.78, 5) is 50.8. The maximum absolute atomic E-state index is 12.5. The van der Waals surface area contributed by atoms with E-state index in [4.69, 9.17) is 23.2 Å². The number of ketones is 1. The van der Waals surface area contributed by atoms with Crippen LogP contribution in [-0.2, 0) is 9.59 Å². The van der Waals surface area contributed by atoms with Crippen LogP contribution in [0.1, 0.15) is 42.5 Å². The number of amides is 4. The van der Waals surface area contributed by atoms with Gasteiger partial charge in [0.15, 0.2) is 5.78 Å². The number of hydrogen-bond acceptors (Lipinski definition) is 4. The van der Waals surface area contributed by atoms with Crippen LogP contribution in [0.5, 0.6) is 0 Å². The first-order valence-corrected chi connectivity index (χ1v) is 9.47. The molecule has 1 aliphatic heterocycles. The molecule has 8 heteroatoms. The number of benzene rings is 1. The second-order valence-electron chi connectivity index (χ2n) is 6.54. The highest BCUT2D eigenvalue weighted by molar-refractivity contribution is 6.45. The number of Topliss-reactive ketones (excluding diaryl/α,β-unsaturated/α-hetero) is 1. The predicted octanol–water partition coefficient (Wildman–Crippen LogP) is 3.86. The quantitative estimate of drug-likeness (QED) is 0.310. The lowest BCUT2D eigenvalue weighted by Gasteiger charge is -2.17. The van der Waals surface area contributed by atoms with E-state index >= 15 is 0 Å². The van der Waals surface area contributed by atoms with E-state index in [0.717, 1.165) is 30.6 Å². The molecule has 0 saturated carbocycles. The van der Waals surface area contributed by atoms with E-state index in [1.165, 1.54) is 23.8 Å². The van der Waals surface area contributed by atoms with Crippen molar-refractivity contribution in [3.63, 3.8) is 0 Å². The van der Waals surface area contributed by atoms with Crippen molar-refractivity contribution in [2.45, 2.75) is 32.1 Å². The van der Waals surface area contributed by atoms with Crippen molar-refractivity contribution in [2.24, 2.45) is 0 Å². The van der Waals surface area contributed by atoms with E-state index in [9.17, 15) is 19.2 Å². The number of urea groups is 1. The third kappa shape index (κ3) is 4.22. The van der Waals surface area contributed by atoms with Crippen LogP contribution < -0.4 is 0 Å². The molecule has 3 rings (SSSR count). The molecule has 1 saturated heterocycles. The molecule has 0 radical (unpaired) electrons. The van der Waals surface area contributed by atoms with E-state index in [0.29, 0.717) is 16.3 Å². The third-order valence-electron chi connectivity index (χ3n) is 4.72. The summed E-state index contributed by atoms with van der Waals surface area (Å²) in [5.74, 6) is -2.37. The molecule has 0 unspecified atom stereocenters. The molecule has 1 aromatic rings. The van der Waals surface area contributed by atoms with Gasteiger partial charge in [0.1, 0.15) is 0 Å². The van der Waals surface area contributed by atoms with Gasteiger partial charge in [0.25, 0.3) is 0 Å². The molecule has 142 valence electrons. The molecular weight excluding hydrogens is 391 g/mol. The number of carbonyl (C=O) groups is 4. The van der Waals surface area contributed by atoms with Gasteiger partial charge in [0.05, 0.1) is 16.6 Å². The van der Waals surface area contributed by atoms with E-state index in [1.807, 2.05) is 0 Å². The first-order chi connectivity index (χ1) is 12.9. The zero-order valence-corrected chi connectivity index (χ0v) is 16.1. The summed E-state index contributed by atoms with van der Waals surface area (Å²) in [6, 6.07) is 3.53. The SMILES string of the molecule is O=C(CN1C(=O)C(=O)N(CCC2=CCCCC2)C1=O)c1ccc(Cl)c(Cl)c1. The molecule has 0 N–H and O–H groups in total. The van der Waals surface area contributed by atoms with E-state index in [2.05, 4.69) is 6.08 Å². The summed E-state index contributed by atoms with van der Waals surface area (Å²) >= 11 is 11.7. The van der Waals surface area contributed by atoms with Crippen molar-refractivity contribution in [3.05, 3.63) is 45.5 Å². The van der Waals surface area contributed by atoms with Gasteiger partial charge < -0.3 is 0 Å². The van der Waals surface area contributed by atoms with Gasteiger partial charge in [-0.05, 0) is 50.3 Å². The number of carbonyl (C=O) groups excluding carboxylic acids is 4. The summed E-state index contributed by atoms with van der Waals surface area (Å²) in [6.45, 7) is -0.368. The highest BCUT2D eigenvalue weighted by Gasteiger charge is 2.44. The van der Waals surface area contributed by atoms with E-state index in [1.54, 1.807) is 0 Å². The van der Waals surface area contributed by atoms with Gasteiger partial charge in [-0.25, -0.2) is 9.69 Å². The average Bonchev–Trinajstić information content (AvgIpc) is 2.86.